The number of aryl methyl sites for hydroxylation is 1. The Balaban J connectivity index is 1.29. The number of hydrogen-bond acceptors (Lipinski definition) is 9. The lowest BCUT2D eigenvalue weighted by atomic mass is 9.78. The van der Waals surface area contributed by atoms with Crippen LogP contribution < -0.4 is 0 Å². The van der Waals surface area contributed by atoms with Gasteiger partial charge in [-0.2, -0.15) is 8.75 Å². The lowest BCUT2D eigenvalue weighted by Crippen LogP contribution is -2.46. The van der Waals surface area contributed by atoms with Crippen molar-refractivity contribution in [3.8, 4) is 0 Å². The third kappa shape index (κ3) is 4.37. The highest BCUT2D eigenvalue weighted by Crippen LogP contribution is 2.41. The average molecular weight is 414 g/mol. The molecule has 3 fully saturated rings. The predicted octanol–water partition coefficient (Wildman–Crippen LogP) is 4.17. The van der Waals surface area contributed by atoms with Crippen molar-refractivity contribution in [1.29, 1.82) is 0 Å². The van der Waals surface area contributed by atoms with E-state index in [2.05, 4.69) is 30.8 Å². The van der Waals surface area contributed by atoms with Crippen LogP contribution in [-0.2, 0) is 0 Å². The lowest BCUT2D eigenvalue weighted by molar-refractivity contribution is 0.0846. The van der Waals surface area contributed by atoms with Crippen LogP contribution in [0.4, 0.5) is 0 Å². The van der Waals surface area contributed by atoms with Gasteiger partial charge in [0.2, 0.25) is 0 Å². The molecule has 2 aromatic heterocycles. The van der Waals surface area contributed by atoms with Gasteiger partial charge in [-0.05, 0) is 45.2 Å². The predicted molar refractivity (Wildman–Crippen MR) is 107 cm³/mol. The quantitative estimate of drug-likeness (QED) is 0.631. The normalized spacial score (nSPS) is 26.9. The van der Waals surface area contributed by atoms with Crippen LogP contribution >= 0.6 is 46.6 Å². The second kappa shape index (κ2) is 8.21. The summed E-state index contributed by atoms with van der Waals surface area (Å²) in [5, 5.41) is 11.1. The molecule has 0 N–H and O–H groups in total. The fraction of sp³-hybridized carbons (Fsp3) is 0.750. The van der Waals surface area contributed by atoms with E-state index in [9.17, 15) is 0 Å². The molecule has 3 aliphatic heterocycles. The summed E-state index contributed by atoms with van der Waals surface area (Å²) in [6.45, 7) is 8.03. The maximum Gasteiger partial charge on any atom is 0.174 e. The monoisotopic (exact) mass is 413 g/mol. The SMILES string of the molecule is Cc1nnc(SC(C)CCSc2nsnc2C2CN3CCC2CC3)s1. The molecule has 3 aliphatic rings. The van der Waals surface area contributed by atoms with Crippen LogP contribution in [0, 0.1) is 12.8 Å². The summed E-state index contributed by atoms with van der Waals surface area (Å²) in [4.78, 5) is 2.60. The van der Waals surface area contributed by atoms with E-state index in [1.807, 2.05) is 30.4 Å². The van der Waals surface area contributed by atoms with Gasteiger partial charge in [0.1, 0.15) is 10.0 Å². The van der Waals surface area contributed by atoms with Gasteiger partial charge in [0.15, 0.2) is 4.34 Å². The third-order valence-corrected chi connectivity index (χ3v) is 8.83. The second-order valence-electron chi connectivity index (χ2n) is 6.85. The summed E-state index contributed by atoms with van der Waals surface area (Å²) in [6.07, 6.45) is 3.81. The van der Waals surface area contributed by atoms with Crippen molar-refractivity contribution in [1.82, 2.24) is 23.8 Å². The molecule has 5 rings (SSSR count). The Morgan fingerprint density at radius 2 is 2.08 bits per heavy atom. The Morgan fingerprint density at radius 1 is 1.24 bits per heavy atom. The summed E-state index contributed by atoms with van der Waals surface area (Å²) >= 11 is 6.80. The average Bonchev–Trinajstić information content (AvgIpc) is 3.25. The van der Waals surface area contributed by atoms with Crippen molar-refractivity contribution in [3.63, 3.8) is 0 Å². The molecule has 2 bridgehead atoms. The highest BCUT2D eigenvalue weighted by Gasteiger charge is 2.37. The maximum atomic E-state index is 4.69. The molecule has 136 valence electrons. The smallest absolute Gasteiger partial charge is 0.174 e. The molecule has 25 heavy (non-hydrogen) atoms. The van der Waals surface area contributed by atoms with E-state index in [0.717, 1.165) is 27.4 Å². The van der Waals surface area contributed by atoms with Gasteiger partial charge in [0.25, 0.3) is 0 Å². The Kier molecular flexibility index (Phi) is 5.96. The van der Waals surface area contributed by atoms with Crippen molar-refractivity contribution in [3.05, 3.63) is 10.7 Å². The Morgan fingerprint density at radius 3 is 2.76 bits per heavy atom. The molecule has 9 heteroatoms. The lowest BCUT2D eigenvalue weighted by Gasteiger charge is -2.44. The first kappa shape index (κ1) is 18.2. The van der Waals surface area contributed by atoms with Gasteiger partial charge in [-0.1, -0.05) is 30.0 Å². The van der Waals surface area contributed by atoms with Crippen LogP contribution in [0.15, 0.2) is 9.37 Å². The zero-order valence-corrected chi connectivity index (χ0v) is 17.8. The number of rotatable bonds is 7. The van der Waals surface area contributed by atoms with Gasteiger partial charge in [0, 0.05) is 23.5 Å². The molecule has 0 aliphatic carbocycles. The Hall–Kier alpha value is -0.220. The second-order valence-corrected chi connectivity index (χ2v) is 11.3. The molecule has 0 saturated carbocycles. The first-order chi connectivity index (χ1) is 12.2. The highest BCUT2D eigenvalue weighted by molar-refractivity contribution is 8.01. The number of aromatic nitrogens is 4. The molecule has 0 radical (unpaired) electrons. The van der Waals surface area contributed by atoms with Crippen LogP contribution in [0.3, 0.4) is 0 Å². The van der Waals surface area contributed by atoms with E-state index in [4.69, 9.17) is 0 Å². The van der Waals surface area contributed by atoms with Crippen molar-refractivity contribution in [2.75, 3.05) is 25.4 Å². The number of thioether (sulfide) groups is 2. The summed E-state index contributed by atoms with van der Waals surface area (Å²) in [7, 11) is 0. The van der Waals surface area contributed by atoms with E-state index in [1.54, 1.807) is 11.3 Å². The molecular formula is C16H23N5S4. The number of hydrogen-bond donors (Lipinski definition) is 0. The molecule has 2 unspecified atom stereocenters. The van der Waals surface area contributed by atoms with Gasteiger partial charge >= 0.3 is 0 Å². The molecule has 5 nitrogen and oxygen atoms in total. The van der Waals surface area contributed by atoms with Crippen LogP contribution in [0.2, 0.25) is 0 Å². The summed E-state index contributed by atoms with van der Waals surface area (Å²) < 4.78 is 10.4. The van der Waals surface area contributed by atoms with Gasteiger partial charge in [-0.3, -0.25) is 0 Å². The van der Waals surface area contributed by atoms with Gasteiger partial charge in [0.05, 0.1) is 17.4 Å². The number of fused-ring (bicyclic) bond motifs is 3. The molecule has 5 heterocycles. The van der Waals surface area contributed by atoms with Gasteiger partial charge < -0.3 is 4.90 Å². The molecule has 0 amide bonds. The largest absolute Gasteiger partial charge is 0.303 e. The van der Waals surface area contributed by atoms with Crippen LogP contribution in [0.1, 0.15) is 42.8 Å². The fourth-order valence-corrected chi connectivity index (χ4v) is 7.84. The first-order valence-corrected chi connectivity index (χ1v) is 12.2. The first-order valence-electron chi connectivity index (χ1n) is 8.83. The van der Waals surface area contributed by atoms with E-state index in [1.165, 1.54) is 54.9 Å². The fourth-order valence-electron chi connectivity index (χ4n) is 3.67. The molecule has 3 saturated heterocycles. The van der Waals surface area contributed by atoms with E-state index in [-0.39, 0.29) is 0 Å². The summed E-state index contributed by atoms with van der Waals surface area (Å²) in [5.41, 5.74) is 1.28. The van der Waals surface area contributed by atoms with E-state index in [0.29, 0.717) is 11.2 Å². The molecule has 0 spiro atoms. The third-order valence-electron chi connectivity index (χ3n) is 5.06. The molecule has 2 atom stereocenters. The van der Waals surface area contributed by atoms with Crippen molar-refractivity contribution < 1.29 is 0 Å². The summed E-state index contributed by atoms with van der Waals surface area (Å²) in [6, 6.07) is 0. The van der Waals surface area contributed by atoms with Gasteiger partial charge in [-0.15, -0.1) is 22.0 Å². The Labute approximate surface area is 165 Å². The molecule has 2 aromatic rings. The minimum Gasteiger partial charge on any atom is -0.303 e. The van der Waals surface area contributed by atoms with Gasteiger partial charge in [-0.25, -0.2) is 0 Å². The van der Waals surface area contributed by atoms with Crippen molar-refractivity contribution in [2.45, 2.75) is 53.6 Å². The Bertz CT molecular complexity index is 694. The zero-order valence-electron chi connectivity index (χ0n) is 14.6. The van der Waals surface area contributed by atoms with E-state index >= 15 is 0 Å². The van der Waals surface area contributed by atoms with E-state index < -0.39 is 0 Å². The van der Waals surface area contributed by atoms with Crippen LogP contribution in [-0.4, -0.2) is 54.5 Å². The minimum absolute atomic E-state index is 0.548. The van der Waals surface area contributed by atoms with Crippen LogP contribution in [0.5, 0.6) is 0 Å². The minimum atomic E-state index is 0.548. The standard InChI is InChI=1S/C16H23N5S4/c1-10(23-16-18-17-11(2)24-16)5-8-22-15-14(19-25-20-15)13-9-21-6-3-12(13)4-7-21/h10,12-13H,3-9H2,1-2H3. The summed E-state index contributed by atoms with van der Waals surface area (Å²) in [5.74, 6) is 2.52. The van der Waals surface area contributed by atoms with Crippen molar-refractivity contribution in [2.24, 2.45) is 5.92 Å². The molecular weight excluding hydrogens is 390 g/mol. The van der Waals surface area contributed by atoms with Crippen LogP contribution in [0.25, 0.3) is 0 Å². The number of nitrogens with zero attached hydrogens (tertiary/aromatic N) is 5. The van der Waals surface area contributed by atoms with Crippen molar-refractivity contribution >= 4 is 46.6 Å². The highest BCUT2D eigenvalue weighted by atomic mass is 32.2. The topological polar surface area (TPSA) is 54.8 Å². The number of piperidine rings is 3. The molecule has 0 aromatic carbocycles. The maximum absolute atomic E-state index is 4.69. The zero-order chi connectivity index (χ0) is 17.2.